The molecule has 0 amide bonds. The van der Waals surface area contributed by atoms with E-state index in [9.17, 15) is 9.90 Å². The smallest absolute Gasteiger partial charge is 0.345 e. The monoisotopic (exact) mass is 320 g/mol. The lowest BCUT2D eigenvalue weighted by Crippen LogP contribution is -2.19. The van der Waals surface area contributed by atoms with Crippen molar-refractivity contribution >= 4 is 16.7 Å². The summed E-state index contributed by atoms with van der Waals surface area (Å²) in [5, 5.41) is 15.5. The topological polar surface area (TPSA) is 74.8 Å². The Balaban J connectivity index is 1.75. The summed E-state index contributed by atoms with van der Waals surface area (Å²) in [5.41, 5.74) is 5.85. The average Bonchev–Trinajstić information content (AvgIpc) is 3.06. The minimum absolute atomic E-state index is 0.0352. The van der Waals surface area contributed by atoms with Crippen LogP contribution in [0.2, 0.25) is 0 Å². The van der Waals surface area contributed by atoms with E-state index in [-0.39, 0.29) is 11.3 Å². The number of hydrazone groups is 1. The van der Waals surface area contributed by atoms with Crippen molar-refractivity contribution in [2.45, 2.75) is 19.4 Å². The summed E-state index contributed by atoms with van der Waals surface area (Å²) < 4.78 is 5.38. The van der Waals surface area contributed by atoms with Crippen LogP contribution in [0.4, 0.5) is 0 Å². The van der Waals surface area contributed by atoms with Crippen LogP contribution in [-0.4, -0.2) is 10.8 Å². The fraction of sp³-hybridized carbons (Fsp3) is 0.158. The number of aryl methyl sites for hydroxylation is 1. The zero-order valence-corrected chi connectivity index (χ0v) is 13.1. The van der Waals surface area contributed by atoms with Crippen LogP contribution < -0.4 is 11.1 Å². The van der Waals surface area contributed by atoms with Gasteiger partial charge >= 0.3 is 5.63 Å². The maximum absolute atomic E-state index is 12.4. The minimum atomic E-state index is -0.536. The first kappa shape index (κ1) is 14.5. The second-order valence-corrected chi connectivity index (χ2v) is 5.96. The molecule has 120 valence electrons. The third kappa shape index (κ3) is 2.34. The quantitative estimate of drug-likeness (QED) is 0.711. The highest BCUT2D eigenvalue weighted by atomic mass is 16.4. The number of hydrogen-bond donors (Lipinski definition) is 2. The summed E-state index contributed by atoms with van der Waals surface area (Å²) in [7, 11) is 0. The Hall–Kier alpha value is -3.08. The van der Waals surface area contributed by atoms with E-state index >= 15 is 0 Å². The van der Waals surface area contributed by atoms with Crippen LogP contribution in [0.25, 0.3) is 11.0 Å². The van der Waals surface area contributed by atoms with Crippen LogP contribution in [0.1, 0.15) is 29.2 Å². The molecule has 0 aliphatic carbocycles. The predicted molar refractivity (Wildman–Crippen MR) is 92.4 cm³/mol. The molecule has 0 saturated carbocycles. The average molecular weight is 320 g/mol. The lowest BCUT2D eigenvalue weighted by molar-refractivity contribution is 0.438. The number of aromatic hydroxyl groups is 1. The number of nitrogens with zero attached hydrogens (tertiary/aromatic N) is 1. The fourth-order valence-electron chi connectivity index (χ4n) is 3.04. The van der Waals surface area contributed by atoms with E-state index in [0.29, 0.717) is 17.4 Å². The summed E-state index contributed by atoms with van der Waals surface area (Å²) >= 11 is 0. The summed E-state index contributed by atoms with van der Waals surface area (Å²) in [6.07, 6.45) is 0.514. The van der Waals surface area contributed by atoms with Gasteiger partial charge in [-0.1, -0.05) is 42.0 Å². The van der Waals surface area contributed by atoms with E-state index in [0.717, 1.165) is 16.8 Å². The molecule has 24 heavy (non-hydrogen) atoms. The summed E-state index contributed by atoms with van der Waals surface area (Å²) in [5.74, 6) is -0.0352. The highest BCUT2D eigenvalue weighted by Crippen LogP contribution is 2.33. The van der Waals surface area contributed by atoms with Crippen LogP contribution in [0.5, 0.6) is 5.75 Å². The number of nitrogens with one attached hydrogen (secondary N) is 1. The van der Waals surface area contributed by atoms with Crippen LogP contribution in [-0.2, 0) is 0 Å². The summed E-state index contributed by atoms with van der Waals surface area (Å²) in [4.78, 5) is 12.4. The van der Waals surface area contributed by atoms with Gasteiger partial charge in [0.2, 0.25) is 0 Å². The Morgan fingerprint density at radius 1 is 1.21 bits per heavy atom. The second-order valence-electron chi connectivity index (χ2n) is 5.96. The second kappa shape index (κ2) is 5.53. The Labute approximate surface area is 138 Å². The molecule has 4 rings (SSSR count). The van der Waals surface area contributed by atoms with E-state index in [4.69, 9.17) is 4.42 Å². The molecule has 0 radical (unpaired) electrons. The third-order valence-corrected chi connectivity index (χ3v) is 4.28. The number of hydrogen-bond acceptors (Lipinski definition) is 5. The molecule has 1 unspecified atom stereocenters. The van der Waals surface area contributed by atoms with Crippen molar-refractivity contribution in [1.29, 1.82) is 0 Å². The standard InChI is InChI=1S/C19H16N2O3/c1-11-7-8-16-13(9-11)18(22)17(19(23)24-16)15-10-14(20-21-15)12-5-3-2-4-6-12/h2-9,15,21-22H,10H2,1H3. The van der Waals surface area contributed by atoms with E-state index in [2.05, 4.69) is 10.5 Å². The van der Waals surface area contributed by atoms with Gasteiger partial charge in [0.05, 0.1) is 17.1 Å². The molecule has 1 aliphatic rings. The maximum atomic E-state index is 12.4. The molecule has 5 nitrogen and oxygen atoms in total. The van der Waals surface area contributed by atoms with Gasteiger partial charge in [0.15, 0.2) is 0 Å². The Morgan fingerprint density at radius 3 is 2.79 bits per heavy atom. The molecule has 0 spiro atoms. The molecular formula is C19H16N2O3. The van der Waals surface area contributed by atoms with Gasteiger partial charge in [-0.3, -0.25) is 0 Å². The summed E-state index contributed by atoms with van der Waals surface area (Å²) in [6.45, 7) is 1.92. The Bertz CT molecular complexity index is 1010. The molecule has 2 aromatic carbocycles. The molecule has 2 heterocycles. The van der Waals surface area contributed by atoms with Gasteiger partial charge in [0, 0.05) is 6.42 Å². The highest BCUT2D eigenvalue weighted by Gasteiger charge is 2.28. The molecule has 1 aliphatic heterocycles. The lowest BCUT2D eigenvalue weighted by atomic mass is 9.98. The lowest BCUT2D eigenvalue weighted by Gasteiger charge is -2.12. The molecule has 0 saturated heterocycles. The maximum Gasteiger partial charge on any atom is 0.345 e. The molecule has 2 N–H and O–H groups in total. The van der Waals surface area contributed by atoms with Crippen LogP contribution >= 0.6 is 0 Å². The van der Waals surface area contributed by atoms with Gasteiger partial charge in [-0.25, -0.2) is 4.79 Å². The SMILES string of the molecule is Cc1ccc2oc(=O)c(C3CC(c4ccccc4)=NN3)c(O)c2c1. The molecular weight excluding hydrogens is 304 g/mol. The van der Waals surface area contributed by atoms with Gasteiger partial charge < -0.3 is 14.9 Å². The van der Waals surface area contributed by atoms with E-state index < -0.39 is 11.7 Å². The van der Waals surface area contributed by atoms with Crippen molar-refractivity contribution < 1.29 is 9.52 Å². The van der Waals surface area contributed by atoms with Crippen molar-refractivity contribution in [3.05, 3.63) is 75.6 Å². The molecule has 0 bridgehead atoms. The Kier molecular flexibility index (Phi) is 3.34. The van der Waals surface area contributed by atoms with Crippen LogP contribution in [0.3, 0.4) is 0 Å². The molecule has 0 fully saturated rings. The fourth-order valence-corrected chi connectivity index (χ4v) is 3.04. The zero-order valence-electron chi connectivity index (χ0n) is 13.1. The number of fused-ring (bicyclic) bond motifs is 1. The van der Waals surface area contributed by atoms with Gasteiger partial charge in [-0.15, -0.1) is 0 Å². The minimum Gasteiger partial charge on any atom is -0.507 e. The third-order valence-electron chi connectivity index (χ3n) is 4.28. The molecule has 3 aromatic rings. The van der Waals surface area contributed by atoms with Crippen molar-refractivity contribution in [1.82, 2.24) is 5.43 Å². The Morgan fingerprint density at radius 2 is 2.00 bits per heavy atom. The van der Waals surface area contributed by atoms with Crippen molar-refractivity contribution in [3.8, 4) is 5.75 Å². The van der Waals surface area contributed by atoms with Gasteiger partial charge in [0.1, 0.15) is 16.9 Å². The van der Waals surface area contributed by atoms with Crippen LogP contribution in [0.15, 0.2) is 62.8 Å². The van der Waals surface area contributed by atoms with E-state index in [1.807, 2.05) is 49.4 Å². The highest BCUT2D eigenvalue weighted by molar-refractivity contribution is 6.02. The normalized spacial score (nSPS) is 16.9. The molecule has 1 aromatic heterocycles. The van der Waals surface area contributed by atoms with Gasteiger partial charge in [-0.05, 0) is 24.6 Å². The number of rotatable bonds is 2. The predicted octanol–water partition coefficient (Wildman–Crippen LogP) is 3.25. The summed E-state index contributed by atoms with van der Waals surface area (Å²) in [6, 6.07) is 14.7. The van der Waals surface area contributed by atoms with E-state index in [1.54, 1.807) is 6.07 Å². The first-order valence-electron chi connectivity index (χ1n) is 7.77. The van der Waals surface area contributed by atoms with Crippen molar-refractivity contribution in [3.63, 3.8) is 0 Å². The van der Waals surface area contributed by atoms with Gasteiger partial charge in [-0.2, -0.15) is 5.10 Å². The van der Waals surface area contributed by atoms with E-state index in [1.165, 1.54) is 0 Å². The largest absolute Gasteiger partial charge is 0.507 e. The van der Waals surface area contributed by atoms with Crippen LogP contribution in [0, 0.1) is 6.92 Å². The zero-order chi connectivity index (χ0) is 16.7. The first-order valence-corrected chi connectivity index (χ1v) is 7.77. The number of benzene rings is 2. The van der Waals surface area contributed by atoms with Gasteiger partial charge in [0.25, 0.3) is 0 Å². The first-order chi connectivity index (χ1) is 11.6. The van der Waals surface area contributed by atoms with Crippen molar-refractivity contribution in [2.75, 3.05) is 0 Å². The molecule has 1 atom stereocenters. The molecule has 5 heteroatoms. The van der Waals surface area contributed by atoms with Crippen molar-refractivity contribution in [2.24, 2.45) is 5.10 Å².